The number of pyridine rings is 1. The minimum absolute atomic E-state index is 0. The standard InChI is InChI=1S/C96H68N4O2Si.Pt/c1-62-26-23-27-63(2)93(62)67-55-83(65-46-49-91-84(53-65)82-43-20-22-45-90(82)102-91)94-85(56-67)78-40-17-15-38-76(78)77-39-16-18-41-79(77)86-54-66(64-28-24-37-75(52-64)103(72-31-9-6-10-32-72,73-33-11-7-12-34-73)74-35-13-8-14-36-74)57-89-95(86)99(94)61-98(89)69-29-25-30-70(59-69)101-71-47-48-81-80-42-19-21-44-87(80)100(88(81)60-71)92-58-68(50-51-97-92)96(3,4)5;/h6-58H,1-5H3;/q-2;/i1D3,2D3,6D,7D,8D,9D,10D,11D,12D,13D,14D,24D,28D,31D,32D,33D,34D,35D,36D,37D,52D;. The number of furan rings is 1. The molecular formula is C96H68N4O2PtSi-2. The molecule has 1 aliphatic heterocycles. The summed E-state index contributed by atoms with van der Waals surface area (Å²) in [6.45, 7) is 0.565. The first kappa shape index (κ1) is 42.4. The molecule has 0 spiro atoms. The van der Waals surface area contributed by atoms with Gasteiger partial charge in [0.1, 0.15) is 17.0 Å². The molecule has 104 heavy (non-hydrogen) atoms. The third-order valence-corrected chi connectivity index (χ3v) is 23.4. The molecule has 4 aromatic heterocycles. The number of hydrogen-bond donors (Lipinski definition) is 0. The zero-order valence-corrected chi connectivity index (χ0v) is 58.8. The van der Waals surface area contributed by atoms with Crippen molar-refractivity contribution in [3.05, 3.63) is 356 Å². The Morgan fingerprint density at radius 2 is 1.08 bits per heavy atom. The van der Waals surface area contributed by atoms with Crippen molar-refractivity contribution in [1.82, 2.24) is 14.1 Å². The average Bonchev–Trinajstić information content (AvgIpc) is 1.44. The molecule has 0 unspecified atom stereocenters. The van der Waals surface area contributed by atoms with Crippen LogP contribution in [0.4, 0.5) is 0 Å². The minimum atomic E-state index is -6.41. The van der Waals surface area contributed by atoms with Crippen LogP contribution in [-0.4, -0.2) is 22.2 Å². The van der Waals surface area contributed by atoms with Gasteiger partial charge in [-0.3, -0.25) is 4.57 Å². The van der Waals surface area contributed by atoms with Crippen molar-refractivity contribution in [3.8, 4) is 95.5 Å². The Labute approximate surface area is 655 Å². The summed E-state index contributed by atoms with van der Waals surface area (Å²) < 4.78 is 259. The van der Waals surface area contributed by atoms with Gasteiger partial charge in [0, 0.05) is 63.3 Å². The number of fused-ring (bicyclic) bond motifs is 13. The Balaban J connectivity index is 0.0000112. The summed E-state index contributed by atoms with van der Waals surface area (Å²) in [4.78, 5) is 4.89. The Bertz CT molecular complexity index is 7620. The van der Waals surface area contributed by atoms with Gasteiger partial charge in [0.25, 0.3) is 6.33 Å². The maximum absolute atomic E-state index is 11.2. The Morgan fingerprint density at radius 3 is 1.78 bits per heavy atom. The van der Waals surface area contributed by atoms with Gasteiger partial charge in [-0.1, -0.05) is 256 Å². The maximum atomic E-state index is 11.2. The van der Waals surface area contributed by atoms with E-state index < -0.39 is 163 Å². The number of ether oxygens (including phenoxy) is 1. The largest absolute Gasteiger partial charge is 0.510 e. The van der Waals surface area contributed by atoms with Gasteiger partial charge in [-0.25, -0.2) is 4.98 Å². The van der Waals surface area contributed by atoms with E-state index in [1.807, 2.05) is 120 Å². The molecule has 1 aliphatic rings. The van der Waals surface area contributed by atoms with Gasteiger partial charge in [-0.05, 0) is 189 Å². The Kier molecular flexibility index (Phi) is 10.4. The van der Waals surface area contributed by atoms with Crippen LogP contribution < -0.4 is 30.1 Å². The van der Waals surface area contributed by atoms with Crippen LogP contribution in [0, 0.1) is 32.2 Å². The molecule has 0 aliphatic carbocycles. The number of nitrogens with zero attached hydrogens (tertiary/aromatic N) is 4. The van der Waals surface area contributed by atoms with E-state index in [-0.39, 0.29) is 88.1 Å². The number of aromatic nitrogens is 4. The molecular weight excluding hydrogens is 1460 g/mol. The monoisotopic (exact) mass is 1560 g/mol. The van der Waals surface area contributed by atoms with Crippen LogP contribution >= 0.6 is 0 Å². The van der Waals surface area contributed by atoms with Crippen molar-refractivity contribution < 1.29 is 69.1 Å². The number of benzene rings is 14. The van der Waals surface area contributed by atoms with E-state index in [0.29, 0.717) is 72.5 Å². The van der Waals surface area contributed by atoms with Gasteiger partial charge in [0.15, 0.2) is 8.07 Å². The van der Waals surface area contributed by atoms with E-state index in [2.05, 4.69) is 39.2 Å². The molecule has 0 saturated carbocycles. The van der Waals surface area contributed by atoms with Gasteiger partial charge >= 0.3 is 0 Å². The Hall–Kier alpha value is -12.0. The van der Waals surface area contributed by atoms with Gasteiger partial charge in [-0.2, -0.15) is 18.2 Å². The third-order valence-electron chi connectivity index (χ3n) is 19.4. The van der Waals surface area contributed by atoms with Gasteiger partial charge in [0.05, 0.1) is 42.8 Å². The predicted octanol–water partition coefficient (Wildman–Crippen LogP) is 21.1. The molecule has 6 nitrogen and oxygen atoms in total. The summed E-state index contributed by atoms with van der Waals surface area (Å²) in [7, 11) is -6.41. The van der Waals surface area contributed by atoms with Crippen molar-refractivity contribution in [3.63, 3.8) is 0 Å². The number of para-hydroxylation sites is 2. The van der Waals surface area contributed by atoms with Gasteiger partial charge in [-0.15, -0.1) is 29.7 Å². The number of imidazole rings is 1. The number of hydrogen-bond acceptors (Lipinski definition) is 3. The molecule has 0 bridgehead atoms. The molecule has 8 heteroatoms. The topological polar surface area (TPSA) is 49.0 Å². The van der Waals surface area contributed by atoms with Crippen LogP contribution in [0.5, 0.6) is 11.5 Å². The maximum Gasteiger partial charge on any atom is 0.268 e. The molecule has 18 aromatic rings. The zero-order valence-electron chi connectivity index (χ0n) is 80.6. The minimum Gasteiger partial charge on any atom is -0.510 e. The van der Waals surface area contributed by atoms with Gasteiger partial charge in [0.2, 0.25) is 0 Å². The van der Waals surface area contributed by atoms with E-state index in [0.717, 1.165) is 27.2 Å². The van der Waals surface area contributed by atoms with Crippen molar-refractivity contribution in [2.75, 3.05) is 0 Å². The van der Waals surface area contributed by atoms with E-state index in [9.17, 15) is 21.9 Å². The quantitative estimate of drug-likeness (QED) is 0.0561. The average molecular weight is 1560 g/mol. The molecule has 0 atom stereocenters. The molecule has 0 fully saturated rings. The van der Waals surface area contributed by atoms with Crippen LogP contribution in [0.25, 0.3) is 139 Å². The van der Waals surface area contributed by atoms with Crippen molar-refractivity contribution >= 4 is 83.6 Å². The van der Waals surface area contributed by atoms with Crippen molar-refractivity contribution in [1.29, 1.82) is 0 Å². The summed E-state index contributed by atoms with van der Waals surface area (Å²) in [5.41, 5.74) is 6.67. The number of aryl methyl sites for hydroxylation is 2. The molecule has 0 saturated heterocycles. The fourth-order valence-corrected chi connectivity index (χ4v) is 18.3. The molecule has 14 aromatic carbocycles. The molecule has 0 radical (unpaired) electrons. The van der Waals surface area contributed by atoms with E-state index in [1.54, 1.807) is 76.0 Å². The zero-order chi connectivity index (χ0) is 90.6. The smallest absolute Gasteiger partial charge is 0.268 e. The van der Waals surface area contributed by atoms with Crippen molar-refractivity contribution in [2.45, 2.75) is 39.9 Å². The second kappa shape index (κ2) is 25.5. The summed E-state index contributed by atoms with van der Waals surface area (Å²) in [5.74, 6) is 1.01. The third kappa shape index (κ3) is 10.5. The van der Waals surface area contributed by atoms with Crippen LogP contribution in [0.3, 0.4) is 0 Å². The fraction of sp³-hybridized carbons (Fsp3) is 0.0625. The van der Waals surface area contributed by atoms with Crippen LogP contribution in [0.2, 0.25) is 0 Å². The first-order chi connectivity index (χ1) is 60.8. The van der Waals surface area contributed by atoms with Crippen LogP contribution in [0.15, 0.2) is 326 Å². The van der Waals surface area contributed by atoms with E-state index in [4.69, 9.17) is 26.5 Å². The molecule has 5 heterocycles. The molecule has 19 rings (SSSR count). The van der Waals surface area contributed by atoms with E-state index in [1.165, 1.54) is 24.3 Å². The second-order valence-corrected chi connectivity index (χ2v) is 29.8. The van der Waals surface area contributed by atoms with Crippen LogP contribution in [0.1, 0.15) is 71.7 Å². The summed E-state index contributed by atoms with van der Waals surface area (Å²) in [6, 6.07) is 45.3. The van der Waals surface area contributed by atoms with Crippen molar-refractivity contribution in [2.24, 2.45) is 0 Å². The predicted molar refractivity (Wildman–Crippen MR) is 425 cm³/mol. The first-order valence-electron chi connectivity index (χ1n) is 45.8. The molecule has 0 amide bonds. The first-order valence-corrected chi connectivity index (χ1v) is 35.3. The molecule has 0 N–H and O–H groups in total. The fourth-order valence-electron chi connectivity index (χ4n) is 14.7. The molecule has 500 valence electrons. The normalized spacial score (nSPS) is 15.7. The Morgan fingerprint density at radius 1 is 0.471 bits per heavy atom. The van der Waals surface area contributed by atoms with Crippen LogP contribution in [-0.2, 0) is 26.5 Å². The van der Waals surface area contributed by atoms with E-state index >= 15 is 0 Å². The summed E-state index contributed by atoms with van der Waals surface area (Å²) in [5, 5.41) is -0.871. The number of rotatable bonds is 11. The SMILES string of the molecule is [2H]c1c([2H])c([2H])c([Si](c2c([2H])c([2H])c([2H])c([2H])c2[2H])(c2c([2H])c([2H])c([2H])c([2H])c2[2H])c2c([2H])c([2H])c([2H])c(-c3cc4c5c(c3)n(-c3[c-]c(Oc6[c-]c7c(cc6)c6ccccc6n7-c6cc(C(C)(C)C)ccn6)ccc3)[c-][n+]5-c3c(-c5ccc6oc7ccccc7c6c5)cc(-c5c(C([2H])([2H])[2H])cccc5C([2H])([2H])[2H])cc3-c3ccccc3-c3ccccc3-4)c2[2H])c([2H])c1[2H].[Pt]. The summed E-state index contributed by atoms with van der Waals surface area (Å²) in [6.07, 6.45) is 5.52. The second-order valence-electron chi connectivity index (χ2n) is 26.3. The summed E-state index contributed by atoms with van der Waals surface area (Å²) >= 11 is 0. The van der Waals surface area contributed by atoms with Gasteiger partial charge < -0.3 is 18.3 Å².